The van der Waals surface area contributed by atoms with Crippen LogP contribution in [0.4, 0.5) is 0 Å². The third-order valence-corrected chi connectivity index (χ3v) is 5.16. The van der Waals surface area contributed by atoms with Gasteiger partial charge in [-0.05, 0) is 81.5 Å². The Labute approximate surface area is 138 Å². The van der Waals surface area contributed by atoms with Gasteiger partial charge in [0.25, 0.3) is 5.91 Å². The minimum atomic E-state index is -0.00938. The topological polar surface area (TPSA) is 58.6 Å². The highest BCUT2D eigenvalue weighted by Crippen LogP contribution is 2.25. The number of hydrogen-bond donors (Lipinski definition) is 2. The molecule has 2 N–H and O–H groups in total. The number of ether oxygens (including phenoxy) is 1. The van der Waals surface area contributed by atoms with Gasteiger partial charge in [-0.1, -0.05) is 0 Å². The molecule has 0 spiro atoms. The zero-order valence-corrected chi connectivity index (χ0v) is 13.7. The van der Waals surface area contributed by atoms with Crippen molar-refractivity contribution in [2.75, 3.05) is 6.61 Å². The van der Waals surface area contributed by atoms with Gasteiger partial charge in [0, 0.05) is 18.2 Å². The van der Waals surface area contributed by atoms with Crippen LogP contribution in [0.15, 0.2) is 24.3 Å². The average Bonchev–Trinajstić information content (AvgIpc) is 3.09. The summed E-state index contributed by atoms with van der Waals surface area (Å²) >= 11 is 0. The van der Waals surface area contributed by atoms with E-state index in [1.807, 2.05) is 24.3 Å². The molecule has 2 aliphatic carbocycles. The Kier molecular flexibility index (Phi) is 5.55. The predicted octanol–water partition coefficient (Wildman–Crippen LogP) is 3.29. The Morgan fingerprint density at radius 3 is 2.30 bits per heavy atom. The van der Waals surface area contributed by atoms with Crippen LogP contribution in [-0.2, 0) is 0 Å². The van der Waals surface area contributed by atoms with E-state index in [0.717, 1.165) is 44.3 Å². The molecule has 23 heavy (non-hydrogen) atoms. The first kappa shape index (κ1) is 16.3. The molecule has 126 valence electrons. The van der Waals surface area contributed by atoms with Gasteiger partial charge in [-0.3, -0.25) is 4.79 Å². The Bertz CT molecular complexity index is 500. The van der Waals surface area contributed by atoms with Crippen molar-refractivity contribution in [2.24, 2.45) is 5.92 Å². The first-order valence-corrected chi connectivity index (χ1v) is 8.93. The number of carbonyl (C=O) groups excluding carboxylic acids is 1. The number of carbonyl (C=O) groups is 1. The first-order valence-electron chi connectivity index (χ1n) is 8.93. The number of hydrogen-bond acceptors (Lipinski definition) is 3. The fourth-order valence-electron chi connectivity index (χ4n) is 3.64. The van der Waals surface area contributed by atoms with Crippen molar-refractivity contribution in [1.29, 1.82) is 0 Å². The molecule has 2 saturated carbocycles. The molecule has 2 aliphatic rings. The second kappa shape index (κ2) is 7.82. The monoisotopic (exact) mass is 317 g/mol. The highest BCUT2D eigenvalue weighted by molar-refractivity contribution is 5.94. The summed E-state index contributed by atoms with van der Waals surface area (Å²) in [7, 11) is 0. The fraction of sp³-hybridized carbons (Fsp3) is 0.632. The number of amides is 1. The van der Waals surface area contributed by atoms with Crippen molar-refractivity contribution in [1.82, 2.24) is 5.32 Å². The molecule has 0 aliphatic heterocycles. The molecule has 0 heterocycles. The number of nitrogens with one attached hydrogen (secondary N) is 1. The van der Waals surface area contributed by atoms with Gasteiger partial charge < -0.3 is 15.2 Å². The summed E-state index contributed by atoms with van der Waals surface area (Å²) in [5, 5.41) is 12.3. The summed E-state index contributed by atoms with van der Waals surface area (Å²) in [5.41, 5.74) is 0.688. The van der Waals surface area contributed by atoms with Crippen LogP contribution in [-0.4, -0.2) is 29.8 Å². The fourth-order valence-corrected chi connectivity index (χ4v) is 3.64. The molecule has 0 unspecified atom stereocenters. The maximum absolute atomic E-state index is 12.3. The van der Waals surface area contributed by atoms with E-state index in [0.29, 0.717) is 17.6 Å². The third kappa shape index (κ3) is 4.47. The number of aliphatic hydroxyl groups is 1. The summed E-state index contributed by atoms with van der Waals surface area (Å²) < 4.78 is 5.93. The van der Waals surface area contributed by atoms with Crippen LogP contribution < -0.4 is 10.1 Å². The summed E-state index contributed by atoms with van der Waals surface area (Å²) in [6.45, 7) is 0.267. The molecular weight excluding hydrogens is 290 g/mol. The van der Waals surface area contributed by atoms with Gasteiger partial charge in [0.1, 0.15) is 5.75 Å². The Morgan fingerprint density at radius 2 is 1.70 bits per heavy atom. The predicted molar refractivity (Wildman–Crippen MR) is 89.6 cm³/mol. The van der Waals surface area contributed by atoms with E-state index in [4.69, 9.17) is 9.84 Å². The van der Waals surface area contributed by atoms with E-state index in [1.54, 1.807) is 0 Å². The molecule has 2 fully saturated rings. The lowest BCUT2D eigenvalue weighted by atomic mass is 9.86. The van der Waals surface area contributed by atoms with Crippen LogP contribution in [0.1, 0.15) is 61.7 Å². The van der Waals surface area contributed by atoms with Crippen molar-refractivity contribution in [3.63, 3.8) is 0 Å². The van der Waals surface area contributed by atoms with E-state index in [9.17, 15) is 4.79 Å². The standard InChI is InChI=1S/C19H27NO3/c21-13-14-5-9-16(10-6-14)20-19(22)15-7-11-18(12-8-15)23-17-3-1-2-4-17/h7-8,11-12,14,16-17,21H,1-6,9-10,13H2,(H,20,22). The number of rotatable bonds is 5. The summed E-state index contributed by atoms with van der Waals surface area (Å²) in [6, 6.07) is 7.73. The Morgan fingerprint density at radius 1 is 1.04 bits per heavy atom. The van der Waals surface area contributed by atoms with Crippen molar-refractivity contribution >= 4 is 5.91 Å². The molecule has 0 bridgehead atoms. The lowest BCUT2D eigenvalue weighted by Gasteiger charge is -2.28. The van der Waals surface area contributed by atoms with Crippen LogP contribution in [0, 0.1) is 5.92 Å². The number of benzene rings is 1. The van der Waals surface area contributed by atoms with Gasteiger partial charge in [0.05, 0.1) is 6.10 Å². The van der Waals surface area contributed by atoms with Gasteiger partial charge in [-0.25, -0.2) is 0 Å². The quantitative estimate of drug-likeness (QED) is 0.876. The molecule has 4 heteroatoms. The van der Waals surface area contributed by atoms with Crippen molar-refractivity contribution < 1.29 is 14.6 Å². The lowest BCUT2D eigenvalue weighted by Crippen LogP contribution is -2.38. The average molecular weight is 317 g/mol. The normalized spacial score (nSPS) is 25.3. The van der Waals surface area contributed by atoms with Gasteiger partial charge in [0.15, 0.2) is 0 Å². The van der Waals surface area contributed by atoms with Crippen LogP contribution in [0.25, 0.3) is 0 Å². The van der Waals surface area contributed by atoms with E-state index < -0.39 is 0 Å². The summed E-state index contributed by atoms with van der Waals surface area (Å²) in [5.74, 6) is 1.26. The highest BCUT2D eigenvalue weighted by Gasteiger charge is 2.22. The van der Waals surface area contributed by atoms with E-state index in [2.05, 4.69) is 5.32 Å². The van der Waals surface area contributed by atoms with Crippen molar-refractivity contribution in [3.05, 3.63) is 29.8 Å². The SMILES string of the molecule is O=C(NC1CCC(CO)CC1)c1ccc(OC2CCCC2)cc1. The second-order valence-corrected chi connectivity index (χ2v) is 6.92. The zero-order valence-electron chi connectivity index (χ0n) is 13.7. The van der Waals surface area contributed by atoms with Crippen molar-refractivity contribution in [2.45, 2.75) is 63.5 Å². The molecule has 0 radical (unpaired) electrons. The van der Waals surface area contributed by atoms with Crippen LogP contribution >= 0.6 is 0 Å². The minimum absolute atomic E-state index is 0.00938. The molecule has 0 saturated heterocycles. The smallest absolute Gasteiger partial charge is 0.251 e. The van der Waals surface area contributed by atoms with Gasteiger partial charge in [0.2, 0.25) is 0 Å². The third-order valence-electron chi connectivity index (χ3n) is 5.16. The van der Waals surface area contributed by atoms with Gasteiger partial charge in [-0.2, -0.15) is 0 Å². The second-order valence-electron chi connectivity index (χ2n) is 6.92. The minimum Gasteiger partial charge on any atom is -0.490 e. The van der Waals surface area contributed by atoms with Crippen LogP contribution in [0.3, 0.4) is 0 Å². The summed E-state index contributed by atoms with van der Waals surface area (Å²) in [6.07, 6.45) is 9.03. The summed E-state index contributed by atoms with van der Waals surface area (Å²) in [4.78, 5) is 12.3. The van der Waals surface area contributed by atoms with Gasteiger partial charge in [-0.15, -0.1) is 0 Å². The molecule has 1 aromatic rings. The molecule has 1 aromatic carbocycles. The largest absolute Gasteiger partial charge is 0.490 e. The van der Waals surface area contributed by atoms with Crippen molar-refractivity contribution in [3.8, 4) is 5.75 Å². The Balaban J connectivity index is 1.49. The van der Waals surface area contributed by atoms with Crippen LogP contribution in [0.5, 0.6) is 5.75 Å². The zero-order chi connectivity index (χ0) is 16.1. The lowest BCUT2D eigenvalue weighted by molar-refractivity contribution is 0.0914. The Hall–Kier alpha value is -1.55. The molecule has 0 aromatic heterocycles. The van der Waals surface area contributed by atoms with Crippen LogP contribution in [0.2, 0.25) is 0 Å². The van der Waals surface area contributed by atoms with E-state index in [1.165, 1.54) is 12.8 Å². The van der Waals surface area contributed by atoms with Gasteiger partial charge >= 0.3 is 0 Å². The highest BCUT2D eigenvalue weighted by atomic mass is 16.5. The molecule has 4 nitrogen and oxygen atoms in total. The number of aliphatic hydroxyl groups excluding tert-OH is 1. The van der Waals surface area contributed by atoms with E-state index in [-0.39, 0.29) is 18.6 Å². The van der Waals surface area contributed by atoms with E-state index >= 15 is 0 Å². The molecule has 3 rings (SSSR count). The molecule has 1 amide bonds. The molecule has 0 atom stereocenters. The first-order chi connectivity index (χ1) is 11.2. The maximum Gasteiger partial charge on any atom is 0.251 e. The maximum atomic E-state index is 12.3. The molecular formula is C19H27NO3.